The first-order chi connectivity index (χ1) is 8.06. The Morgan fingerprint density at radius 2 is 1.88 bits per heavy atom. The molecule has 0 amide bonds. The van der Waals surface area contributed by atoms with Gasteiger partial charge in [0.1, 0.15) is 5.75 Å². The van der Waals surface area contributed by atoms with Gasteiger partial charge in [0.2, 0.25) is 5.88 Å². The second-order valence-corrected chi connectivity index (χ2v) is 4.15. The fourth-order valence-corrected chi connectivity index (χ4v) is 1.68. The first kappa shape index (κ1) is 11.7. The van der Waals surface area contributed by atoms with E-state index >= 15 is 0 Å². The SMILES string of the molecule is Cc1cc(C)cc(Oc2nc[nH]c(=O)c2Cl)c1. The van der Waals surface area contributed by atoms with E-state index in [4.69, 9.17) is 16.3 Å². The molecule has 88 valence electrons. The average molecular weight is 251 g/mol. The molecule has 1 heterocycles. The zero-order valence-electron chi connectivity index (χ0n) is 9.45. The number of aryl methyl sites for hydroxylation is 2. The third kappa shape index (κ3) is 2.65. The van der Waals surface area contributed by atoms with E-state index in [0.717, 1.165) is 11.1 Å². The zero-order chi connectivity index (χ0) is 12.4. The average Bonchev–Trinajstić information content (AvgIpc) is 2.23. The summed E-state index contributed by atoms with van der Waals surface area (Å²) in [5.74, 6) is 0.725. The molecule has 0 fully saturated rings. The smallest absolute Gasteiger partial charge is 0.273 e. The maximum absolute atomic E-state index is 11.3. The lowest BCUT2D eigenvalue weighted by molar-refractivity contribution is 0.460. The molecule has 2 aromatic rings. The summed E-state index contributed by atoms with van der Waals surface area (Å²) in [5.41, 5.74) is 1.72. The Bertz CT molecular complexity index is 587. The zero-order valence-corrected chi connectivity index (χ0v) is 10.2. The minimum absolute atomic E-state index is 0.0494. The van der Waals surface area contributed by atoms with Crippen LogP contribution in [0.1, 0.15) is 11.1 Å². The number of benzene rings is 1. The summed E-state index contributed by atoms with van der Waals surface area (Å²) < 4.78 is 5.49. The van der Waals surface area contributed by atoms with Gasteiger partial charge in [0.15, 0.2) is 5.02 Å². The van der Waals surface area contributed by atoms with Gasteiger partial charge in [0.25, 0.3) is 5.56 Å². The van der Waals surface area contributed by atoms with Crippen molar-refractivity contribution in [2.24, 2.45) is 0 Å². The summed E-state index contributed by atoms with van der Waals surface area (Å²) in [4.78, 5) is 17.5. The van der Waals surface area contributed by atoms with Crippen LogP contribution in [0.3, 0.4) is 0 Å². The van der Waals surface area contributed by atoms with Crippen LogP contribution in [0.15, 0.2) is 29.3 Å². The standard InChI is InChI=1S/C12H11ClN2O2/c1-7-3-8(2)5-9(4-7)17-12-10(13)11(16)14-6-15-12/h3-6H,1-2H3,(H,14,15,16). The molecule has 1 N–H and O–H groups in total. The van der Waals surface area contributed by atoms with Crippen molar-refractivity contribution in [3.05, 3.63) is 51.0 Å². The van der Waals surface area contributed by atoms with E-state index in [1.54, 1.807) is 0 Å². The molecule has 0 spiro atoms. The van der Waals surface area contributed by atoms with Crippen molar-refractivity contribution in [2.75, 3.05) is 0 Å². The van der Waals surface area contributed by atoms with Crippen molar-refractivity contribution in [3.63, 3.8) is 0 Å². The summed E-state index contributed by atoms with van der Waals surface area (Å²) in [5, 5.41) is -0.0494. The van der Waals surface area contributed by atoms with Gasteiger partial charge in [-0.05, 0) is 37.1 Å². The molecule has 0 aliphatic heterocycles. The predicted molar refractivity (Wildman–Crippen MR) is 65.9 cm³/mol. The summed E-state index contributed by atoms with van der Waals surface area (Å²) in [6.45, 7) is 3.93. The number of nitrogens with zero attached hydrogens (tertiary/aromatic N) is 1. The molecule has 0 bridgehead atoms. The van der Waals surface area contributed by atoms with Crippen molar-refractivity contribution >= 4 is 11.6 Å². The first-order valence-corrected chi connectivity index (χ1v) is 5.43. The molecule has 4 nitrogen and oxygen atoms in total. The molecule has 0 saturated carbocycles. The van der Waals surface area contributed by atoms with Gasteiger partial charge >= 0.3 is 0 Å². The Hall–Kier alpha value is -1.81. The third-order valence-electron chi connectivity index (χ3n) is 2.17. The molecule has 0 aliphatic rings. The predicted octanol–water partition coefficient (Wildman–Crippen LogP) is 2.83. The molecule has 0 unspecified atom stereocenters. The van der Waals surface area contributed by atoms with Gasteiger partial charge in [-0.2, -0.15) is 0 Å². The Morgan fingerprint density at radius 1 is 1.24 bits per heavy atom. The number of aromatic amines is 1. The van der Waals surface area contributed by atoms with Crippen LogP contribution in [0.5, 0.6) is 11.6 Å². The largest absolute Gasteiger partial charge is 0.437 e. The van der Waals surface area contributed by atoms with Gasteiger partial charge < -0.3 is 9.72 Å². The van der Waals surface area contributed by atoms with Crippen LogP contribution < -0.4 is 10.3 Å². The van der Waals surface area contributed by atoms with Gasteiger partial charge in [-0.1, -0.05) is 17.7 Å². The maximum Gasteiger partial charge on any atom is 0.273 e. The molecular formula is C12H11ClN2O2. The first-order valence-electron chi connectivity index (χ1n) is 5.05. The molecule has 2 rings (SSSR count). The number of hydrogen-bond donors (Lipinski definition) is 1. The Morgan fingerprint density at radius 3 is 2.53 bits per heavy atom. The molecule has 0 saturated heterocycles. The molecular weight excluding hydrogens is 240 g/mol. The van der Waals surface area contributed by atoms with E-state index in [2.05, 4.69) is 9.97 Å². The van der Waals surface area contributed by atoms with Gasteiger partial charge in [-0.3, -0.25) is 4.79 Å². The van der Waals surface area contributed by atoms with Gasteiger partial charge in [-0.15, -0.1) is 0 Å². The van der Waals surface area contributed by atoms with E-state index < -0.39 is 5.56 Å². The fraction of sp³-hybridized carbons (Fsp3) is 0.167. The number of halogens is 1. The van der Waals surface area contributed by atoms with Gasteiger partial charge in [0.05, 0.1) is 6.33 Å². The number of ether oxygens (including phenoxy) is 1. The van der Waals surface area contributed by atoms with Crippen LogP contribution in [0.2, 0.25) is 5.02 Å². The molecule has 17 heavy (non-hydrogen) atoms. The van der Waals surface area contributed by atoms with Crippen LogP contribution in [0, 0.1) is 13.8 Å². The van der Waals surface area contributed by atoms with E-state index in [9.17, 15) is 4.79 Å². The quantitative estimate of drug-likeness (QED) is 0.892. The van der Waals surface area contributed by atoms with Crippen molar-refractivity contribution in [1.82, 2.24) is 9.97 Å². The monoisotopic (exact) mass is 250 g/mol. The van der Waals surface area contributed by atoms with Gasteiger partial charge in [-0.25, -0.2) is 4.98 Å². The van der Waals surface area contributed by atoms with E-state index in [1.807, 2.05) is 32.0 Å². The van der Waals surface area contributed by atoms with Crippen LogP contribution in [-0.4, -0.2) is 9.97 Å². The summed E-state index contributed by atoms with van der Waals surface area (Å²) in [7, 11) is 0. The van der Waals surface area contributed by atoms with Crippen LogP contribution in [0.25, 0.3) is 0 Å². The van der Waals surface area contributed by atoms with Crippen molar-refractivity contribution in [2.45, 2.75) is 13.8 Å². The number of hydrogen-bond acceptors (Lipinski definition) is 3. The molecule has 1 aromatic heterocycles. The second-order valence-electron chi connectivity index (χ2n) is 3.78. The molecule has 5 heteroatoms. The summed E-state index contributed by atoms with van der Waals surface area (Å²) in [6, 6.07) is 5.73. The number of nitrogens with one attached hydrogen (secondary N) is 1. The van der Waals surface area contributed by atoms with E-state index in [1.165, 1.54) is 6.33 Å². The molecule has 1 aromatic carbocycles. The molecule has 0 radical (unpaired) electrons. The lowest BCUT2D eigenvalue weighted by Crippen LogP contribution is -2.07. The topological polar surface area (TPSA) is 55.0 Å². The minimum Gasteiger partial charge on any atom is -0.437 e. The number of aromatic nitrogens is 2. The highest BCUT2D eigenvalue weighted by Crippen LogP contribution is 2.25. The van der Waals surface area contributed by atoms with Crippen LogP contribution in [0.4, 0.5) is 0 Å². The highest BCUT2D eigenvalue weighted by Gasteiger charge is 2.08. The Balaban J connectivity index is 2.38. The number of rotatable bonds is 2. The van der Waals surface area contributed by atoms with Crippen molar-refractivity contribution in [3.8, 4) is 11.6 Å². The minimum atomic E-state index is -0.416. The van der Waals surface area contributed by atoms with Crippen LogP contribution in [-0.2, 0) is 0 Å². The Labute approximate surface area is 103 Å². The highest BCUT2D eigenvalue weighted by atomic mass is 35.5. The number of H-pyrrole nitrogens is 1. The summed E-state index contributed by atoms with van der Waals surface area (Å²) in [6.07, 6.45) is 1.26. The molecule has 0 atom stereocenters. The van der Waals surface area contributed by atoms with E-state index in [0.29, 0.717) is 5.75 Å². The Kier molecular flexibility index (Phi) is 3.15. The van der Waals surface area contributed by atoms with Crippen LogP contribution >= 0.6 is 11.6 Å². The lowest BCUT2D eigenvalue weighted by atomic mass is 10.1. The maximum atomic E-state index is 11.3. The third-order valence-corrected chi connectivity index (χ3v) is 2.51. The highest BCUT2D eigenvalue weighted by molar-refractivity contribution is 6.31. The lowest BCUT2D eigenvalue weighted by Gasteiger charge is -2.07. The summed E-state index contributed by atoms with van der Waals surface area (Å²) >= 11 is 5.79. The van der Waals surface area contributed by atoms with Crippen molar-refractivity contribution in [1.29, 1.82) is 0 Å². The second kappa shape index (κ2) is 4.59. The van der Waals surface area contributed by atoms with Crippen molar-refractivity contribution < 1.29 is 4.74 Å². The normalized spacial score (nSPS) is 10.3. The van der Waals surface area contributed by atoms with Gasteiger partial charge in [0, 0.05) is 0 Å². The van der Waals surface area contributed by atoms with E-state index in [-0.39, 0.29) is 10.9 Å². The molecule has 0 aliphatic carbocycles. The fourth-order valence-electron chi connectivity index (χ4n) is 1.54.